The number of nitrogens with zero attached hydrogens (tertiary/aromatic N) is 2. The highest BCUT2D eigenvalue weighted by atomic mass is 79.9. The second-order valence-corrected chi connectivity index (χ2v) is 4.70. The molecular weight excluding hydrogens is 224 g/mol. The van der Waals surface area contributed by atoms with E-state index in [1.54, 1.807) is 17.5 Å². The van der Waals surface area contributed by atoms with Crippen LogP contribution in [0, 0.1) is 6.92 Å². The van der Waals surface area contributed by atoms with E-state index in [-0.39, 0.29) is 0 Å². The van der Waals surface area contributed by atoms with Crippen LogP contribution >= 0.6 is 27.3 Å². The third-order valence-corrected chi connectivity index (χ3v) is 3.23. The van der Waals surface area contributed by atoms with Crippen LogP contribution in [0.5, 0.6) is 0 Å². The van der Waals surface area contributed by atoms with Crippen LogP contribution in [-0.4, -0.2) is 10.2 Å². The van der Waals surface area contributed by atoms with Crippen LogP contribution in [0.3, 0.4) is 0 Å². The molecular formula is C7H5BrN2S. The monoisotopic (exact) mass is 228 g/mol. The molecule has 0 aliphatic heterocycles. The largest absolute Gasteiger partial charge is 0.158 e. The zero-order valence-corrected chi connectivity index (χ0v) is 8.24. The lowest BCUT2D eigenvalue weighted by Gasteiger charge is -1.89. The Bertz CT molecular complexity index is 396. The van der Waals surface area contributed by atoms with E-state index in [2.05, 4.69) is 32.2 Å². The highest BCUT2D eigenvalue weighted by Gasteiger charge is 2.02. The third-order valence-electron chi connectivity index (χ3n) is 1.46. The van der Waals surface area contributed by atoms with Gasteiger partial charge in [0.2, 0.25) is 0 Å². The van der Waals surface area contributed by atoms with E-state index in [0.29, 0.717) is 0 Å². The van der Waals surface area contributed by atoms with Crippen molar-refractivity contribution in [1.82, 2.24) is 10.2 Å². The van der Waals surface area contributed by atoms with Crippen molar-refractivity contribution >= 4 is 37.4 Å². The summed E-state index contributed by atoms with van der Waals surface area (Å²) in [6, 6.07) is 2.06. The van der Waals surface area contributed by atoms with E-state index in [1.165, 1.54) is 4.70 Å². The van der Waals surface area contributed by atoms with Gasteiger partial charge in [-0.1, -0.05) is 0 Å². The van der Waals surface area contributed by atoms with Gasteiger partial charge in [-0.05, 0) is 28.9 Å². The minimum absolute atomic E-state index is 0.998. The molecule has 0 N–H and O–H groups in total. The van der Waals surface area contributed by atoms with E-state index in [0.717, 1.165) is 14.9 Å². The van der Waals surface area contributed by atoms with Crippen LogP contribution in [0.15, 0.2) is 16.0 Å². The lowest BCUT2D eigenvalue weighted by molar-refractivity contribution is 1.01. The first-order chi connectivity index (χ1) is 5.27. The third kappa shape index (κ3) is 1.16. The Hall–Kier alpha value is -0.480. The van der Waals surface area contributed by atoms with Gasteiger partial charge >= 0.3 is 0 Å². The lowest BCUT2D eigenvalue weighted by Crippen LogP contribution is -1.82. The highest BCUT2D eigenvalue weighted by Crippen LogP contribution is 2.29. The molecule has 0 saturated heterocycles. The van der Waals surface area contributed by atoms with Crippen molar-refractivity contribution in [3.8, 4) is 0 Å². The first kappa shape index (κ1) is 7.18. The minimum atomic E-state index is 0.998. The van der Waals surface area contributed by atoms with Crippen molar-refractivity contribution < 1.29 is 0 Å². The number of fused-ring (bicyclic) bond motifs is 1. The molecule has 56 valence electrons. The molecule has 0 atom stereocenters. The second-order valence-electron chi connectivity index (χ2n) is 2.26. The number of aromatic nitrogens is 2. The molecule has 11 heavy (non-hydrogen) atoms. The van der Waals surface area contributed by atoms with Crippen LogP contribution in [-0.2, 0) is 0 Å². The Morgan fingerprint density at radius 2 is 2.36 bits per heavy atom. The Morgan fingerprint density at radius 3 is 3.09 bits per heavy atom. The zero-order valence-electron chi connectivity index (χ0n) is 5.84. The average molecular weight is 229 g/mol. The first-order valence-electron chi connectivity index (χ1n) is 3.15. The SMILES string of the molecule is Cc1nncc2cc(Br)sc12. The smallest absolute Gasteiger partial charge is 0.0778 e. The average Bonchev–Trinajstić information content (AvgIpc) is 2.31. The minimum Gasteiger partial charge on any atom is -0.158 e. The summed E-state index contributed by atoms with van der Waals surface area (Å²) in [7, 11) is 0. The van der Waals surface area contributed by atoms with Gasteiger partial charge < -0.3 is 0 Å². The summed E-state index contributed by atoms with van der Waals surface area (Å²) in [6.07, 6.45) is 1.78. The number of rotatable bonds is 0. The Labute approximate surface area is 76.4 Å². The predicted molar refractivity (Wildman–Crippen MR) is 49.9 cm³/mol. The van der Waals surface area contributed by atoms with Crippen molar-refractivity contribution in [1.29, 1.82) is 0 Å². The van der Waals surface area contributed by atoms with Gasteiger partial charge in [-0.2, -0.15) is 10.2 Å². The Morgan fingerprint density at radius 1 is 1.55 bits per heavy atom. The Kier molecular flexibility index (Phi) is 1.65. The summed E-state index contributed by atoms with van der Waals surface area (Å²) in [4.78, 5) is 0. The van der Waals surface area contributed by atoms with Crippen molar-refractivity contribution in [2.45, 2.75) is 6.92 Å². The maximum atomic E-state index is 3.96. The van der Waals surface area contributed by atoms with Crippen molar-refractivity contribution in [2.75, 3.05) is 0 Å². The molecule has 0 saturated carbocycles. The van der Waals surface area contributed by atoms with Gasteiger partial charge in [0.1, 0.15) is 0 Å². The number of hydrogen-bond acceptors (Lipinski definition) is 3. The topological polar surface area (TPSA) is 25.8 Å². The molecule has 0 bridgehead atoms. The summed E-state index contributed by atoms with van der Waals surface area (Å²) in [6.45, 7) is 1.97. The molecule has 0 fully saturated rings. The fraction of sp³-hybridized carbons (Fsp3) is 0.143. The fourth-order valence-corrected chi connectivity index (χ4v) is 2.51. The number of halogens is 1. The quantitative estimate of drug-likeness (QED) is 0.694. The van der Waals surface area contributed by atoms with E-state index in [4.69, 9.17) is 0 Å². The van der Waals surface area contributed by atoms with Gasteiger partial charge in [0.25, 0.3) is 0 Å². The molecule has 2 nitrogen and oxygen atoms in total. The molecule has 2 heterocycles. The van der Waals surface area contributed by atoms with Crippen LogP contribution < -0.4 is 0 Å². The molecule has 2 aromatic rings. The molecule has 2 aromatic heterocycles. The molecule has 0 radical (unpaired) electrons. The first-order valence-corrected chi connectivity index (χ1v) is 4.75. The standard InChI is InChI=1S/C7H5BrN2S/c1-4-7-5(3-9-10-4)2-6(8)11-7/h2-3H,1H3. The van der Waals surface area contributed by atoms with E-state index in [1.807, 2.05) is 6.92 Å². The highest BCUT2D eigenvalue weighted by molar-refractivity contribution is 9.11. The molecule has 0 spiro atoms. The van der Waals surface area contributed by atoms with Gasteiger partial charge in [0.15, 0.2) is 0 Å². The number of hydrogen-bond donors (Lipinski definition) is 0. The van der Waals surface area contributed by atoms with Crippen LogP contribution in [0.2, 0.25) is 0 Å². The van der Waals surface area contributed by atoms with E-state index < -0.39 is 0 Å². The summed E-state index contributed by atoms with van der Waals surface area (Å²) in [5.41, 5.74) is 0.998. The summed E-state index contributed by atoms with van der Waals surface area (Å²) in [5, 5.41) is 8.98. The molecule has 0 amide bonds. The van der Waals surface area contributed by atoms with Crippen molar-refractivity contribution in [3.05, 3.63) is 21.7 Å². The molecule has 0 unspecified atom stereocenters. The molecule has 2 rings (SSSR count). The number of thiophene rings is 1. The molecule has 0 aliphatic rings. The van der Waals surface area contributed by atoms with Crippen molar-refractivity contribution in [3.63, 3.8) is 0 Å². The number of aryl methyl sites for hydroxylation is 1. The van der Waals surface area contributed by atoms with E-state index in [9.17, 15) is 0 Å². The fourth-order valence-electron chi connectivity index (χ4n) is 0.975. The zero-order chi connectivity index (χ0) is 7.84. The van der Waals surface area contributed by atoms with Gasteiger partial charge in [-0.25, -0.2) is 0 Å². The van der Waals surface area contributed by atoms with Crippen molar-refractivity contribution in [2.24, 2.45) is 0 Å². The predicted octanol–water partition coefficient (Wildman–Crippen LogP) is 2.76. The van der Waals surface area contributed by atoms with Gasteiger partial charge in [0.05, 0.1) is 20.4 Å². The maximum absolute atomic E-state index is 3.96. The molecule has 4 heteroatoms. The Balaban J connectivity index is 2.90. The van der Waals surface area contributed by atoms with Gasteiger partial charge in [-0.3, -0.25) is 0 Å². The van der Waals surface area contributed by atoms with Crippen LogP contribution in [0.1, 0.15) is 5.69 Å². The van der Waals surface area contributed by atoms with Crippen LogP contribution in [0.25, 0.3) is 10.1 Å². The molecule has 0 aromatic carbocycles. The summed E-state index contributed by atoms with van der Waals surface area (Å²) < 4.78 is 2.34. The summed E-state index contributed by atoms with van der Waals surface area (Å²) in [5.74, 6) is 0. The summed E-state index contributed by atoms with van der Waals surface area (Å²) >= 11 is 5.11. The van der Waals surface area contributed by atoms with Gasteiger partial charge in [0, 0.05) is 5.39 Å². The van der Waals surface area contributed by atoms with Crippen LogP contribution in [0.4, 0.5) is 0 Å². The van der Waals surface area contributed by atoms with Gasteiger partial charge in [-0.15, -0.1) is 11.3 Å². The maximum Gasteiger partial charge on any atom is 0.0778 e. The molecule has 0 aliphatic carbocycles. The van der Waals surface area contributed by atoms with E-state index >= 15 is 0 Å². The second kappa shape index (κ2) is 2.53. The normalized spacial score (nSPS) is 10.7. The lowest BCUT2D eigenvalue weighted by atomic mass is 10.3.